The van der Waals surface area contributed by atoms with E-state index in [1.165, 1.54) is 7.11 Å². The average Bonchev–Trinajstić information content (AvgIpc) is 2.89. The van der Waals surface area contributed by atoms with Crippen molar-refractivity contribution in [2.45, 2.75) is 6.42 Å². The number of para-hydroxylation sites is 1. The Balaban J connectivity index is 1.95. The predicted octanol–water partition coefficient (Wildman–Crippen LogP) is 1.41. The molecule has 2 rings (SSSR count). The van der Waals surface area contributed by atoms with Crippen molar-refractivity contribution >= 4 is 5.91 Å². The molecule has 0 bridgehead atoms. The topological polar surface area (TPSA) is 65.4 Å². The molecule has 1 heterocycles. The Hall–Kier alpha value is -2.50. The van der Waals surface area contributed by atoms with Crippen LogP contribution in [0.4, 0.5) is 0 Å². The monoisotopic (exact) mass is 289 g/mol. The van der Waals surface area contributed by atoms with Crippen molar-refractivity contribution in [1.29, 1.82) is 0 Å². The second-order valence-corrected chi connectivity index (χ2v) is 4.54. The first-order chi connectivity index (χ1) is 10.2. The van der Waals surface area contributed by atoms with Crippen LogP contribution < -0.4 is 14.8 Å². The smallest absolute Gasteiger partial charge is 0.258 e. The van der Waals surface area contributed by atoms with Crippen molar-refractivity contribution in [3.8, 4) is 11.6 Å². The van der Waals surface area contributed by atoms with Crippen molar-refractivity contribution in [3.63, 3.8) is 0 Å². The molecule has 0 saturated heterocycles. The maximum absolute atomic E-state index is 12.1. The summed E-state index contributed by atoms with van der Waals surface area (Å²) in [5, 5.41) is 6.92. The lowest BCUT2D eigenvalue weighted by Gasteiger charge is -2.08. The van der Waals surface area contributed by atoms with Gasteiger partial charge in [-0.1, -0.05) is 18.2 Å². The number of rotatable bonds is 6. The Kier molecular flexibility index (Phi) is 4.81. The largest absolute Gasteiger partial charge is 0.496 e. The number of benzene rings is 1. The van der Waals surface area contributed by atoms with Crippen LogP contribution in [-0.4, -0.2) is 36.5 Å². The number of nitrogens with one attached hydrogen (secondary N) is 1. The highest BCUT2D eigenvalue weighted by molar-refractivity contribution is 5.96. The van der Waals surface area contributed by atoms with E-state index in [9.17, 15) is 4.79 Å². The van der Waals surface area contributed by atoms with Crippen LogP contribution in [0.15, 0.2) is 30.5 Å². The Morgan fingerprint density at radius 1 is 1.29 bits per heavy atom. The summed E-state index contributed by atoms with van der Waals surface area (Å²) in [5.41, 5.74) is 1.48. The zero-order valence-electron chi connectivity index (χ0n) is 12.4. The number of hydrogen-bond acceptors (Lipinski definition) is 4. The van der Waals surface area contributed by atoms with E-state index in [-0.39, 0.29) is 5.91 Å². The van der Waals surface area contributed by atoms with Gasteiger partial charge in [0.1, 0.15) is 11.3 Å². The molecule has 0 spiro atoms. The molecular weight excluding hydrogens is 270 g/mol. The third kappa shape index (κ3) is 3.53. The van der Waals surface area contributed by atoms with Crippen LogP contribution in [0.2, 0.25) is 0 Å². The summed E-state index contributed by atoms with van der Waals surface area (Å²) in [6, 6.07) is 7.75. The quantitative estimate of drug-likeness (QED) is 0.873. The summed E-state index contributed by atoms with van der Waals surface area (Å²) >= 11 is 0. The maximum Gasteiger partial charge on any atom is 0.258 e. The second-order valence-electron chi connectivity index (χ2n) is 4.54. The number of aromatic nitrogens is 2. The molecule has 1 aromatic heterocycles. The number of methoxy groups -OCH3 is 2. The molecule has 6 nitrogen and oxygen atoms in total. The molecule has 0 aliphatic carbocycles. The van der Waals surface area contributed by atoms with E-state index in [0.29, 0.717) is 24.4 Å². The van der Waals surface area contributed by atoms with Gasteiger partial charge in [-0.05, 0) is 18.1 Å². The summed E-state index contributed by atoms with van der Waals surface area (Å²) in [6.45, 7) is 0.511. The van der Waals surface area contributed by atoms with Gasteiger partial charge in [-0.15, -0.1) is 5.10 Å². The van der Waals surface area contributed by atoms with Gasteiger partial charge >= 0.3 is 0 Å². The Bertz CT molecular complexity index is 622. The normalized spacial score (nSPS) is 10.2. The lowest BCUT2D eigenvalue weighted by atomic mass is 10.1. The van der Waals surface area contributed by atoms with Crippen LogP contribution in [0.5, 0.6) is 11.6 Å². The molecule has 112 valence electrons. The summed E-state index contributed by atoms with van der Waals surface area (Å²) in [4.78, 5) is 12.1. The first kappa shape index (κ1) is 14.9. The van der Waals surface area contributed by atoms with E-state index in [4.69, 9.17) is 9.47 Å². The molecule has 1 N–H and O–H groups in total. The molecule has 1 aromatic carbocycles. The van der Waals surface area contributed by atoms with Crippen LogP contribution >= 0.6 is 0 Å². The minimum atomic E-state index is -0.199. The highest BCUT2D eigenvalue weighted by Gasteiger charge is 2.15. The Morgan fingerprint density at radius 3 is 2.76 bits per heavy atom. The molecule has 0 unspecified atom stereocenters. The van der Waals surface area contributed by atoms with E-state index < -0.39 is 0 Å². The molecule has 0 aliphatic rings. The first-order valence-electron chi connectivity index (χ1n) is 6.63. The summed E-state index contributed by atoms with van der Waals surface area (Å²) in [7, 11) is 4.87. The molecule has 0 atom stereocenters. The molecule has 1 amide bonds. The zero-order valence-corrected chi connectivity index (χ0v) is 12.4. The second kappa shape index (κ2) is 6.78. The third-order valence-electron chi connectivity index (χ3n) is 3.11. The van der Waals surface area contributed by atoms with Gasteiger partial charge in [-0.3, -0.25) is 9.48 Å². The highest BCUT2D eigenvalue weighted by atomic mass is 16.5. The molecular formula is C15H19N3O3. The number of amides is 1. The van der Waals surface area contributed by atoms with Crippen LogP contribution in [0.3, 0.4) is 0 Å². The summed E-state index contributed by atoms with van der Waals surface area (Å²) in [6.07, 6.45) is 2.33. The number of hydrogen-bond donors (Lipinski definition) is 1. The van der Waals surface area contributed by atoms with E-state index in [2.05, 4.69) is 10.4 Å². The molecule has 0 fully saturated rings. The van der Waals surface area contributed by atoms with E-state index in [0.717, 1.165) is 11.3 Å². The molecule has 0 aliphatic heterocycles. The molecule has 0 saturated carbocycles. The Morgan fingerprint density at radius 2 is 2.05 bits per heavy atom. The van der Waals surface area contributed by atoms with Gasteiger partial charge in [0.15, 0.2) is 0 Å². The number of carbonyl (C=O) groups is 1. The van der Waals surface area contributed by atoms with Crippen molar-refractivity contribution in [2.24, 2.45) is 7.05 Å². The molecule has 21 heavy (non-hydrogen) atoms. The highest BCUT2D eigenvalue weighted by Crippen LogP contribution is 2.18. The molecule has 0 radical (unpaired) electrons. The van der Waals surface area contributed by atoms with Crippen LogP contribution in [0.25, 0.3) is 0 Å². The predicted molar refractivity (Wildman–Crippen MR) is 78.8 cm³/mol. The number of nitrogens with zero attached hydrogens (tertiary/aromatic N) is 2. The van der Waals surface area contributed by atoms with Gasteiger partial charge in [0.2, 0.25) is 5.88 Å². The van der Waals surface area contributed by atoms with Crippen molar-refractivity contribution in [3.05, 3.63) is 41.6 Å². The molecule has 6 heteroatoms. The summed E-state index contributed by atoms with van der Waals surface area (Å²) in [5.74, 6) is 0.952. The minimum absolute atomic E-state index is 0.199. The lowest BCUT2D eigenvalue weighted by molar-refractivity contribution is 0.0951. The number of aryl methyl sites for hydroxylation is 1. The van der Waals surface area contributed by atoms with E-state index in [1.54, 1.807) is 25.0 Å². The van der Waals surface area contributed by atoms with Crippen LogP contribution in [-0.2, 0) is 13.5 Å². The standard InChI is InChI=1S/C15H19N3O3/c1-18-10-12(15(17-18)21-3)14(19)16-9-8-11-6-4-5-7-13(11)20-2/h4-7,10H,8-9H2,1-3H3,(H,16,19). The minimum Gasteiger partial charge on any atom is -0.496 e. The maximum atomic E-state index is 12.1. The van der Waals surface area contributed by atoms with Gasteiger partial charge in [-0.2, -0.15) is 0 Å². The SMILES string of the molecule is COc1ccccc1CCNC(=O)c1cn(C)nc1OC. The van der Waals surface area contributed by atoms with Crippen molar-refractivity contribution in [2.75, 3.05) is 20.8 Å². The Labute approximate surface area is 123 Å². The van der Waals surface area contributed by atoms with Gasteiger partial charge in [-0.25, -0.2) is 0 Å². The fourth-order valence-corrected chi connectivity index (χ4v) is 2.09. The van der Waals surface area contributed by atoms with E-state index in [1.807, 2.05) is 24.3 Å². The number of carbonyl (C=O) groups excluding carboxylic acids is 1. The average molecular weight is 289 g/mol. The fourth-order valence-electron chi connectivity index (χ4n) is 2.09. The van der Waals surface area contributed by atoms with Crippen molar-refractivity contribution in [1.82, 2.24) is 15.1 Å². The van der Waals surface area contributed by atoms with Gasteiger partial charge in [0, 0.05) is 19.8 Å². The molecule has 2 aromatic rings. The first-order valence-corrected chi connectivity index (χ1v) is 6.63. The van der Waals surface area contributed by atoms with Crippen LogP contribution in [0.1, 0.15) is 15.9 Å². The fraction of sp³-hybridized carbons (Fsp3) is 0.333. The lowest BCUT2D eigenvalue weighted by Crippen LogP contribution is -2.25. The van der Waals surface area contributed by atoms with Crippen LogP contribution in [0, 0.1) is 0 Å². The van der Waals surface area contributed by atoms with Crippen molar-refractivity contribution < 1.29 is 14.3 Å². The zero-order chi connectivity index (χ0) is 15.2. The van der Waals surface area contributed by atoms with Gasteiger partial charge < -0.3 is 14.8 Å². The third-order valence-corrected chi connectivity index (χ3v) is 3.11. The van der Waals surface area contributed by atoms with Gasteiger partial charge in [0.25, 0.3) is 5.91 Å². The van der Waals surface area contributed by atoms with Gasteiger partial charge in [0.05, 0.1) is 14.2 Å². The summed E-state index contributed by atoms with van der Waals surface area (Å²) < 4.78 is 11.9. The number of ether oxygens (including phenoxy) is 2. The van der Waals surface area contributed by atoms with E-state index >= 15 is 0 Å².